The fourth-order valence-electron chi connectivity index (χ4n) is 2.31. The van der Waals surface area contributed by atoms with Crippen LogP contribution in [0.25, 0.3) is 0 Å². The Morgan fingerprint density at radius 2 is 2.00 bits per heavy atom. The van der Waals surface area contributed by atoms with Gasteiger partial charge in [-0.2, -0.15) is 0 Å². The molecule has 1 aliphatic heterocycles. The zero-order valence-electron chi connectivity index (χ0n) is 11.5. The van der Waals surface area contributed by atoms with Gasteiger partial charge in [0.15, 0.2) is 6.61 Å². The number of hydrogen-bond donors (Lipinski definition) is 1. The van der Waals surface area contributed by atoms with E-state index in [0.29, 0.717) is 18.5 Å². The molecule has 7 nitrogen and oxygen atoms in total. The second-order valence-corrected chi connectivity index (χ2v) is 4.81. The molecule has 0 saturated carbocycles. The molecule has 2 N–H and O–H groups in total. The average Bonchev–Trinajstić information content (AvgIpc) is 2.53. The lowest BCUT2D eigenvalue weighted by molar-refractivity contribution is -0.143. The number of carbonyl (C=O) groups excluding carboxylic acids is 3. The van der Waals surface area contributed by atoms with Gasteiger partial charge in [0.1, 0.15) is 6.04 Å². The standard InChI is InChI=1S/C14H17N3O4/c15-13(19)11-3-1-2-8-17(11)12(18)9-21-14(20)10-4-6-16-7-5-10/h4-7,11H,1-3,8-9H2,(H2,15,19)/t11-/m1/s1. The molecular weight excluding hydrogens is 274 g/mol. The van der Waals surface area contributed by atoms with Gasteiger partial charge in [-0.3, -0.25) is 14.6 Å². The number of ether oxygens (including phenoxy) is 1. The molecule has 0 bridgehead atoms. The lowest BCUT2D eigenvalue weighted by Gasteiger charge is -2.33. The summed E-state index contributed by atoms with van der Waals surface area (Å²) in [6.07, 6.45) is 5.15. The largest absolute Gasteiger partial charge is 0.452 e. The van der Waals surface area contributed by atoms with Crippen LogP contribution in [0.5, 0.6) is 0 Å². The van der Waals surface area contributed by atoms with Gasteiger partial charge in [-0.05, 0) is 31.4 Å². The van der Waals surface area contributed by atoms with Crippen LogP contribution in [-0.2, 0) is 14.3 Å². The van der Waals surface area contributed by atoms with Crippen LogP contribution in [0.2, 0.25) is 0 Å². The third kappa shape index (κ3) is 3.77. The van der Waals surface area contributed by atoms with E-state index in [1.807, 2.05) is 0 Å². The number of rotatable bonds is 4. The van der Waals surface area contributed by atoms with Crippen molar-refractivity contribution in [2.45, 2.75) is 25.3 Å². The first-order valence-corrected chi connectivity index (χ1v) is 6.75. The average molecular weight is 291 g/mol. The normalized spacial score (nSPS) is 18.1. The topological polar surface area (TPSA) is 103 Å². The van der Waals surface area contributed by atoms with Crippen LogP contribution in [0.15, 0.2) is 24.5 Å². The van der Waals surface area contributed by atoms with Crippen molar-refractivity contribution in [2.24, 2.45) is 5.73 Å². The van der Waals surface area contributed by atoms with Crippen molar-refractivity contribution in [2.75, 3.05) is 13.2 Å². The van der Waals surface area contributed by atoms with Crippen LogP contribution < -0.4 is 5.73 Å². The fourth-order valence-corrected chi connectivity index (χ4v) is 2.31. The summed E-state index contributed by atoms with van der Waals surface area (Å²) in [5.74, 6) is -1.53. The number of primary amides is 1. The Labute approximate surface area is 122 Å². The quantitative estimate of drug-likeness (QED) is 0.793. The van der Waals surface area contributed by atoms with Crippen LogP contribution in [0.1, 0.15) is 29.6 Å². The lowest BCUT2D eigenvalue weighted by Crippen LogP contribution is -2.51. The molecule has 1 atom stereocenters. The minimum absolute atomic E-state index is 0.322. The maximum absolute atomic E-state index is 12.1. The fraction of sp³-hybridized carbons (Fsp3) is 0.429. The molecule has 0 spiro atoms. The van der Waals surface area contributed by atoms with Gasteiger partial charge in [-0.15, -0.1) is 0 Å². The summed E-state index contributed by atoms with van der Waals surface area (Å²) >= 11 is 0. The van der Waals surface area contributed by atoms with Gasteiger partial charge in [0.05, 0.1) is 5.56 Å². The van der Waals surface area contributed by atoms with Gasteiger partial charge in [0.2, 0.25) is 5.91 Å². The summed E-state index contributed by atoms with van der Waals surface area (Å²) in [6.45, 7) is 0.0597. The Hall–Kier alpha value is -2.44. The summed E-state index contributed by atoms with van der Waals surface area (Å²) in [4.78, 5) is 40.3. The highest BCUT2D eigenvalue weighted by Crippen LogP contribution is 2.17. The molecular formula is C14H17N3O4. The molecule has 0 radical (unpaired) electrons. The first kappa shape index (κ1) is 15.0. The molecule has 1 aromatic rings. The Morgan fingerprint density at radius 3 is 2.67 bits per heavy atom. The first-order valence-electron chi connectivity index (χ1n) is 6.75. The molecule has 1 aliphatic rings. The van der Waals surface area contributed by atoms with Gasteiger partial charge in [0, 0.05) is 18.9 Å². The molecule has 2 rings (SSSR count). The zero-order valence-corrected chi connectivity index (χ0v) is 11.5. The second kappa shape index (κ2) is 6.83. The van der Waals surface area contributed by atoms with Crippen LogP contribution in [-0.4, -0.2) is 46.9 Å². The van der Waals surface area contributed by atoms with Crippen LogP contribution >= 0.6 is 0 Å². The van der Waals surface area contributed by atoms with E-state index in [0.717, 1.165) is 12.8 Å². The molecule has 0 aromatic carbocycles. The summed E-state index contributed by atoms with van der Waals surface area (Å²) in [5.41, 5.74) is 5.62. The number of nitrogens with zero attached hydrogens (tertiary/aromatic N) is 2. The van der Waals surface area contributed by atoms with Crippen molar-refractivity contribution in [1.82, 2.24) is 9.88 Å². The molecule has 0 unspecified atom stereocenters. The minimum Gasteiger partial charge on any atom is -0.452 e. The van der Waals surface area contributed by atoms with E-state index in [-0.39, 0.29) is 0 Å². The highest BCUT2D eigenvalue weighted by Gasteiger charge is 2.30. The van der Waals surface area contributed by atoms with E-state index in [9.17, 15) is 14.4 Å². The monoisotopic (exact) mass is 291 g/mol. The molecule has 1 saturated heterocycles. The van der Waals surface area contributed by atoms with Crippen molar-refractivity contribution >= 4 is 17.8 Å². The van der Waals surface area contributed by atoms with Crippen molar-refractivity contribution in [3.05, 3.63) is 30.1 Å². The van der Waals surface area contributed by atoms with Gasteiger partial charge in [-0.25, -0.2) is 4.79 Å². The summed E-state index contributed by atoms with van der Waals surface area (Å²) in [6, 6.07) is 2.39. The Kier molecular flexibility index (Phi) is 4.86. The highest BCUT2D eigenvalue weighted by molar-refractivity contribution is 5.92. The summed E-state index contributed by atoms with van der Waals surface area (Å²) < 4.78 is 4.96. The van der Waals surface area contributed by atoms with Crippen molar-refractivity contribution in [1.29, 1.82) is 0 Å². The molecule has 112 valence electrons. The Morgan fingerprint density at radius 1 is 1.29 bits per heavy atom. The number of likely N-dealkylation sites (tertiary alicyclic amines) is 1. The van der Waals surface area contributed by atoms with E-state index < -0.39 is 30.4 Å². The Balaban J connectivity index is 1.92. The predicted octanol–water partition coefficient (Wildman–Crippen LogP) is 0.105. The summed E-state index contributed by atoms with van der Waals surface area (Å²) in [7, 11) is 0. The van der Waals surface area contributed by atoms with E-state index >= 15 is 0 Å². The molecule has 2 amide bonds. The maximum Gasteiger partial charge on any atom is 0.338 e. The number of nitrogens with two attached hydrogens (primary N) is 1. The molecule has 7 heteroatoms. The number of carbonyl (C=O) groups is 3. The number of amides is 2. The maximum atomic E-state index is 12.1. The van der Waals surface area contributed by atoms with Crippen LogP contribution in [0.4, 0.5) is 0 Å². The van der Waals surface area contributed by atoms with Crippen molar-refractivity contribution in [3.63, 3.8) is 0 Å². The van der Waals surface area contributed by atoms with Crippen molar-refractivity contribution in [3.8, 4) is 0 Å². The van der Waals surface area contributed by atoms with E-state index in [1.54, 1.807) is 0 Å². The number of esters is 1. The Bertz CT molecular complexity index is 532. The predicted molar refractivity (Wildman–Crippen MR) is 73.1 cm³/mol. The third-order valence-corrected chi connectivity index (χ3v) is 3.39. The summed E-state index contributed by atoms with van der Waals surface area (Å²) in [5, 5.41) is 0. The number of aromatic nitrogens is 1. The number of piperidine rings is 1. The van der Waals surface area contributed by atoms with Gasteiger partial charge in [-0.1, -0.05) is 0 Å². The minimum atomic E-state index is -0.606. The SMILES string of the molecule is NC(=O)[C@H]1CCCCN1C(=O)COC(=O)c1ccncc1. The van der Waals surface area contributed by atoms with Crippen LogP contribution in [0, 0.1) is 0 Å². The molecule has 2 heterocycles. The van der Waals surface area contributed by atoms with Gasteiger partial charge >= 0.3 is 5.97 Å². The number of hydrogen-bond acceptors (Lipinski definition) is 5. The van der Waals surface area contributed by atoms with E-state index in [2.05, 4.69) is 4.98 Å². The molecule has 21 heavy (non-hydrogen) atoms. The third-order valence-electron chi connectivity index (χ3n) is 3.39. The highest BCUT2D eigenvalue weighted by atomic mass is 16.5. The second-order valence-electron chi connectivity index (χ2n) is 4.81. The molecule has 0 aliphatic carbocycles. The smallest absolute Gasteiger partial charge is 0.338 e. The van der Waals surface area contributed by atoms with Crippen molar-refractivity contribution < 1.29 is 19.1 Å². The molecule has 1 fully saturated rings. The van der Waals surface area contributed by atoms with Crippen LogP contribution in [0.3, 0.4) is 0 Å². The van der Waals surface area contributed by atoms with E-state index in [4.69, 9.17) is 10.5 Å². The van der Waals surface area contributed by atoms with Gasteiger partial charge < -0.3 is 15.4 Å². The zero-order chi connectivity index (χ0) is 15.2. The lowest BCUT2D eigenvalue weighted by atomic mass is 10.0. The number of pyridine rings is 1. The first-order chi connectivity index (χ1) is 10.1. The van der Waals surface area contributed by atoms with Gasteiger partial charge in [0.25, 0.3) is 5.91 Å². The molecule has 1 aromatic heterocycles. The van der Waals surface area contributed by atoms with E-state index in [1.165, 1.54) is 29.4 Å².